The van der Waals surface area contributed by atoms with Crippen LogP contribution >= 0.6 is 0 Å². The van der Waals surface area contributed by atoms with E-state index in [9.17, 15) is 19.8 Å². The van der Waals surface area contributed by atoms with Gasteiger partial charge >= 0.3 is 12.2 Å². The lowest BCUT2D eigenvalue weighted by molar-refractivity contribution is -0.190. The van der Waals surface area contributed by atoms with Crippen molar-refractivity contribution in [1.29, 1.82) is 0 Å². The molecule has 0 aromatic heterocycles. The van der Waals surface area contributed by atoms with Gasteiger partial charge in [-0.2, -0.15) is 0 Å². The van der Waals surface area contributed by atoms with E-state index in [1.54, 1.807) is 4.90 Å². The predicted molar refractivity (Wildman–Crippen MR) is 112 cm³/mol. The first kappa shape index (κ1) is 21.7. The molecule has 170 valence electrons. The number of aliphatic hydroxyl groups is 1. The summed E-state index contributed by atoms with van der Waals surface area (Å²) in [4.78, 5) is 26.1. The van der Waals surface area contributed by atoms with Crippen LogP contribution in [0.15, 0.2) is 0 Å². The van der Waals surface area contributed by atoms with Gasteiger partial charge in [-0.15, -0.1) is 0 Å². The normalized spacial score (nSPS) is 40.5. The van der Waals surface area contributed by atoms with E-state index in [-0.39, 0.29) is 23.4 Å². The number of rotatable bonds is 3. The number of nitrogens with zero attached hydrogens (tertiary/aromatic N) is 1. The SMILES string of the molecule is CC(C)(C)OC(=O)NC1CCN(C(=O)O)[C@@H]1C1C2CC3CC1CC(C(C)(C)O)(C3)C2. The zero-order valence-corrected chi connectivity index (χ0v) is 19.0. The van der Waals surface area contributed by atoms with Gasteiger partial charge in [-0.3, -0.25) is 0 Å². The quantitative estimate of drug-likeness (QED) is 0.642. The van der Waals surface area contributed by atoms with E-state index in [1.807, 2.05) is 34.6 Å². The Kier molecular flexibility index (Phi) is 5.07. The Morgan fingerprint density at radius 2 is 1.67 bits per heavy atom. The number of amides is 2. The summed E-state index contributed by atoms with van der Waals surface area (Å²) >= 11 is 0. The maximum Gasteiger partial charge on any atom is 0.407 e. The van der Waals surface area contributed by atoms with E-state index in [1.165, 1.54) is 0 Å². The number of carbonyl (C=O) groups is 2. The fourth-order valence-electron chi connectivity index (χ4n) is 7.50. The van der Waals surface area contributed by atoms with Crippen molar-refractivity contribution in [3.8, 4) is 0 Å². The summed E-state index contributed by atoms with van der Waals surface area (Å²) in [5.74, 6) is 1.66. The molecule has 4 aliphatic carbocycles. The average molecular weight is 423 g/mol. The third-order valence-corrected chi connectivity index (χ3v) is 8.44. The van der Waals surface area contributed by atoms with Gasteiger partial charge in [-0.1, -0.05) is 0 Å². The van der Waals surface area contributed by atoms with Gasteiger partial charge in [0.25, 0.3) is 0 Å². The molecule has 7 nitrogen and oxygen atoms in total. The molecule has 1 heterocycles. The Balaban J connectivity index is 1.58. The minimum absolute atomic E-state index is 0.0548. The van der Waals surface area contributed by atoms with Crippen molar-refractivity contribution >= 4 is 12.2 Å². The van der Waals surface area contributed by atoms with Gasteiger partial charge < -0.3 is 25.2 Å². The van der Waals surface area contributed by atoms with Crippen LogP contribution < -0.4 is 5.32 Å². The number of likely N-dealkylation sites (tertiary alicyclic amines) is 1. The van der Waals surface area contributed by atoms with Crippen LogP contribution in [0.2, 0.25) is 0 Å². The fraction of sp³-hybridized carbons (Fsp3) is 0.913. The number of carboxylic acid groups (broad SMARTS) is 1. The average Bonchev–Trinajstić information content (AvgIpc) is 2.94. The van der Waals surface area contributed by atoms with Gasteiger partial charge in [-0.05, 0) is 102 Å². The van der Waals surface area contributed by atoms with Crippen LogP contribution in [0.4, 0.5) is 9.59 Å². The zero-order valence-electron chi connectivity index (χ0n) is 19.0. The smallest absolute Gasteiger partial charge is 0.407 e. The summed E-state index contributed by atoms with van der Waals surface area (Å²) < 4.78 is 5.46. The van der Waals surface area contributed by atoms with Gasteiger partial charge in [0.05, 0.1) is 17.7 Å². The van der Waals surface area contributed by atoms with Crippen LogP contribution in [0.1, 0.15) is 73.1 Å². The molecule has 4 bridgehead atoms. The second-order valence-corrected chi connectivity index (χ2v) is 11.9. The van der Waals surface area contributed by atoms with Crippen molar-refractivity contribution < 1.29 is 24.5 Å². The van der Waals surface area contributed by atoms with E-state index in [0.29, 0.717) is 30.7 Å². The molecule has 0 radical (unpaired) electrons. The van der Waals surface area contributed by atoms with Crippen LogP contribution in [0.3, 0.4) is 0 Å². The minimum atomic E-state index is -0.903. The van der Waals surface area contributed by atoms with Gasteiger partial charge in [0.1, 0.15) is 5.60 Å². The van der Waals surface area contributed by atoms with E-state index in [0.717, 1.165) is 32.1 Å². The topological polar surface area (TPSA) is 99.1 Å². The molecule has 0 spiro atoms. The summed E-state index contributed by atoms with van der Waals surface area (Å²) in [5, 5.41) is 23.9. The van der Waals surface area contributed by atoms with Gasteiger partial charge in [0.2, 0.25) is 0 Å². The van der Waals surface area contributed by atoms with Crippen molar-refractivity contribution in [2.75, 3.05) is 6.54 Å². The molecule has 30 heavy (non-hydrogen) atoms. The standard InChI is InChI=1S/C23H38N2O5/c1-21(2,3)30-19(26)24-16-6-7-25(20(27)28)18(16)17-14-8-13-9-15(17)12-23(10-13,11-14)22(4,5)29/h13-18,29H,6-12H2,1-5H3,(H,24,26)(H,27,28)/t13?,14?,15?,16?,17?,18-,23?/m0/s1. The van der Waals surface area contributed by atoms with Gasteiger partial charge in [0.15, 0.2) is 0 Å². The first-order valence-corrected chi connectivity index (χ1v) is 11.5. The summed E-state index contributed by atoms with van der Waals surface area (Å²) in [6.45, 7) is 9.82. The Labute approximate surface area is 179 Å². The lowest BCUT2D eigenvalue weighted by Gasteiger charge is -2.65. The molecular formula is C23H38N2O5. The molecule has 7 heteroatoms. The molecule has 4 saturated carbocycles. The molecule has 1 saturated heterocycles. The molecule has 3 unspecified atom stereocenters. The number of hydrogen-bond acceptors (Lipinski definition) is 4. The van der Waals surface area contributed by atoms with Crippen molar-refractivity contribution in [3.63, 3.8) is 0 Å². The van der Waals surface area contributed by atoms with Crippen LogP contribution in [-0.4, -0.2) is 57.1 Å². The van der Waals surface area contributed by atoms with E-state index in [2.05, 4.69) is 5.32 Å². The summed E-state index contributed by atoms with van der Waals surface area (Å²) in [5.41, 5.74) is -1.36. The van der Waals surface area contributed by atoms with Crippen LogP contribution in [0, 0.1) is 29.1 Å². The first-order chi connectivity index (χ1) is 13.8. The fourth-order valence-corrected chi connectivity index (χ4v) is 7.50. The Morgan fingerprint density at radius 1 is 1.07 bits per heavy atom. The molecule has 3 N–H and O–H groups in total. The molecule has 4 atom stereocenters. The van der Waals surface area contributed by atoms with E-state index < -0.39 is 23.4 Å². The Bertz CT molecular complexity index is 693. The third kappa shape index (κ3) is 3.67. The summed E-state index contributed by atoms with van der Waals surface area (Å²) in [6.07, 6.45) is 4.47. The van der Waals surface area contributed by atoms with Gasteiger partial charge in [-0.25, -0.2) is 9.59 Å². The summed E-state index contributed by atoms with van der Waals surface area (Å²) in [7, 11) is 0. The summed E-state index contributed by atoms with van der Waals surface area (Å²) in [6, 6.07) is -0.444. The molecule has 0 aromatic rings. The lowest BCUT2D eigenvalue weighted by atomic mass is 9.42. The Hall–Kier alpha value is -1.50. The number of carbonyl (C=O) groups excluding carboxylic acids is 1. The van der Waals surface area contributed by atoms with Crippen LogP contribution in [-0.2, 0) is 4.74 Å². The highest BCUT2D eigenvalue weighted by molar-refractivity contribution is 5.70. The van der Waals surface area contributed by atoms with Gasteiger partial charge in [0, 0.05) is 6.54 Å². The van der Waals surface area contributed by atoms with Crippen molar-refractivity contribution in [3.05, 3.63) is 0 Å². The largest absolute Gasteiger partial charge is 0.465 e. The van der Waals surface area contributed by atoms with E-state index in [4.69, 9.17) is 4.74 Å². The zero-order chi connectivity index (χ0) is 22.1. The van der Waals surface area contributed by atoms with Crippen molar-refractivity contribution in [2.45, 2.75) is 96.4 Å². The minimum Gasteiger partial charge on any atom is -0.465 e. The third-order valence-electron chi connectivity index (χ3n) is 8.44. The molecular weight excluding hydrogens is 384 g/mol. The molecule has 2 amide bonds. The Morgan fingerprint density at radius 3 is 2.17 bits per heavy atom. The highest BCUT2D eigenvalue weighted by Gasteiger charge is 2.63. The number of hydrogen-bond donors (Lipinski definition) is 3. The molecule has 1 aliphatic heterocycles. The monoisotopic (exact) mass is 422 g/mol. The van der Waals surface area contributed by atoms with Crippen LogP contribution in [0.5, 0.6) is 0 Å². The van der Waals surface area contributed by atoms with Crippen LogP contribution in [0.25, 0.3) is 0 Å². The number of alkyl carbamates (subject to hydrolysis) is 1. The molecule has 0 aromatic carbocycles. The predicted octanol–water partition coefficient (Wildman–Crippen LogP) is 3.85. The van der Waals surface area contributed by atoms with Crippen molar-refractivity contribution in [2.24, 2.45) is 29.1 Å². The highest BCUT2D eigenvalue weighted by Crippen LogP contribution is 2.66. The number of nitrogens with one attached hydrogen (secondary N) is 1. The molecule has 5 rings (SSSR count). The second-order valence-electron chi connectivity index (χ2n) is 11.9. The maximum absolute atomic E-state index is 12.5. The second kappa shape index (κ2) is 7.01. The number of ether oxygens (including phenoxy) is 1. The van der Waals surface area contributed by atoms with Crippen molar-refractivity contribution in [1.82, 2.24) is 10.2 Å². The molecule has 5 fully saturated rings. The maximum atomic E-state index is 12.5. The molecule has 5 aliphatic rings. The first-order valence-electron chi connectivity index (χ1n) is 11.5. The van der Waals surface area contributed by atoms with E-state index >= 15 is 0 Å². The lowest BCUT2D eigenvalue weighted by Crippen LogP contribution is -2.64. The highest BCUT2D eigenvalue weighted by atomic mass is 16.6.